The van der Waals surface area contributed by atoms with E-state index in [0.717, 1.165) is 62.2 Å². The number of nitrogens with zero attached hydrogens (tertiary/aromatic N) is 3. The topological polar surface area (TPSA) is 78.8 Å². The van der Waals surface area contributed by atoms with Crippen molar-refractivity contribution in [1.29, 1.82) is 0 Å². The van der Waals surface area contributed by atoms with E-state index in [-0.39, 0.29) is 6.04 Å². The highest BCUT2D eigenvalue weighted by Crippen LogP contribution is 2.25. The van der Waals surface area contributed by atoms with Gasteiger partial charge in [0.25, 0.3) is 0 Å². The maximum absolute atomic E-state index is 5.71. The standard InChI is InChI=1S/C22H35N5O2/c1-4-17(5-2)19-14-18(29-26-19)15-24-22(23-6-3)25-16-20(21-10-9-13-28-21)27-11-7-8-12-27/h9-10,13-14,17,20H,4-8,11-12,15-16H2,1-3H3,(H2,23,24,25). The van der Waals surface area contributed by atoms with Gasteiger partial charge in [0.15, 0.2) is 11.7 Å². The van der Waals surface area contributed by atoms with Gasteiger partial charge in [0, 0.05) is 25.1 Å². The Morgan fingerprint density at radius 1 is 1.21 bits per heavy atom. The molecule has 2 N–H and O–H groups in total. The molecule has 7 nitrogen and oxygen atoms in total. The van der Waals surface area contributed by atoms with Crippen LogP contribution in [0, 0.1) is 0 Å². The van der Waals surface area contributed by atoms with E-state index in [4.69, 9.17) is 13.9 Å². The minimum atomic E-state index is 0.211. The second-order valence-corrected chi connectivity index (χ2v) is 7.58. The van der Waals surface area contributed by atoms with Crippen molar-refractivity contribution in [2.24, 2.45) is 4.99 Å². The molecule has 1 saturated heterocycles. The second-order valence-electron chi connectivity index (χ2n) is 7.58. The van der Waals surface area contributed by atoms with E-state index in [0.29, 0.717) is 12.5 Å². The summed E-state index contributed by atoms with van der Waals surface area (Å²) in [6, 6.07) is 6.27. The van der Waals surface area contributed by atoms with Gasteiger partial charge in [-0.1, -0.05) is 19.0 Å². The first-order chi connectivity index (χ1) is 14.2. The Labute approximate surface area is 173 Å². The van der Waals surface area contributed by atoms with Crippen LogP contribution in [0.5, 0.6) is 0 Å². The van der Waals surface area contributed by atoms with E-state index in [9.17, 15) is 0 Å². The van der Waals surface area contributed by atoms with Crippen LogP contribution in [-0.4, -0.2) is 42.2 Å². The molecule has 29 heavy (non-hydrogen) atoms. The van der Waals surface area contributed by atoms with Crippen molar-refractivity contribution in [2.45, 2.75) is 65.0 Å². The first-order valence-electron chi connectivity index (χ1n) is 11.0. The Kier molecular flexibility index (Phi) is 8.16. The highest BCUT2D eigenvalue weighted by Gasteiger charge is 2.25. The highest BCUT2D eigenvalue weighted by molar-refractivity contribution is 5.79. The maximum atomic E-state index is 5.71. The average Bonchev–Trinajstić information content (AvgIpc) is 3.50. The van der Waals surface area contributed by atoms with Crippen LogP contribution in [-0.2, 0) is 6.54 Å². The van der Waals surface area contributed by atoms with Crippen molar-refractivity contribution in [3.8, 4) is 0 Å². The molecule has 1 aliphatic rings. The van der Waals surface area contributed by atoms with Crippen molar-refractivity contribution < 1.29 is 8.94 Å². The molecule has 0 aromatic carbocycles. The number of furan rings is 1. The molecule has 3 heterocycles. The van der Waals surface area contributed by atoms with Crippen molar-refractivity contribution in [1.82, 2.24) is 20.7 Å². The fraction of sp³-hybridized carbons (Fsp3) is 0.636. The summed E-state index contributed by atoms with van der Waals surface area (Å²) in [7, 11) is 0. The predicted octanol–water partition coefficient (Wildman–Crippen LogP) is 4.06. The molecule has 0 amide bonds. The minimum absolute atomic E-state index is 0.211. The third-order valence-corrected chi connectivity index (χ3v) is 5.63. The Balaban J connectivity index is 1.62. The monoisotopic (exact) mass is 401 g/mol. The van der Waals surface area contributed by atoms with Crippen molar-refractivity contribution >= 4 is 5.96 Å². The fourth-order valence-electron chi connectivity index (χ4n) is 3.94. The summed E-state index contributed by atoms with van der Waals surface area (Å²) in [5.41, 5.74) is 1.03. The molecule has 3 rings (SSSR count). The quantitative estimate of drug-likeness (QED) is 0.462. The van der Waals surface area contributed by atoms with Crippen LogP contribution < -0.4 is 10.6 Å². The summed E-state index contributed by atoms with van der Waals surface area (Å²) in [5, 5.41) is 11.0. The minimum Gasteiger partial charge on any atom is -0.468 e. The number of likely N-dealkylation sites (tertiary alicyclic amines) is 1. The molecule has 1 aliphatic heterocycles. The van der Waals surface area contributed by atoms with Crippen LogP contribution in [0.3, 0.4) is 0 Å². The number of aromatic nitrogens is 1. The van der Waals surface area contributed by atoms with Crippen molar-refractivity contribution in [2.75, 3.05) is 26.2 Å². The van der Waals surface area contributed by atoms with Crippen molar-refractivity contribution in [3.05, 3.63) is 41.7 Å². The van der Waals surface area contributed by atoms with Crippen molar-refractivity contribution in [3.63, 3.8) is 0 Å². The molecule has 160 valence electrons. The second kappa shape index (κ2) is 11.0. The van der Waals surface area contributed by atoms with Gasteiger partial charge in [0.05, 0.1) is 18.0 Å². The molecular weight excluding hydrogens is 366 g/mol. The lowest BCUT2D eigenvalue weighted by atomic mass is 9.99. The predicted molar refractivity (Wildman–Crippen MR) is 115 cm³/mol. The van der Waals surface area contributed by atoms with Gasteiger partial charge < -0.3 is 19.6 Å². The fourth-order valence-corrected chi connectivity index (χ4v) is 3.94. The summed E-state index contributed by atoms with van der Waals surface area (Å²) < 4.78 is 11.2. The van der Waals surface area contributed by atoms with Gasteiger partial charge >= 0.3 is 0 Å². The van der Waals surface area contributed by atoms with E-state index in [1.807, 2.05) is 12.1 Å². The van der Waals surface area contributed by atoms with Gasteiger partial charge in [0.1, 0.15) is 12.3 Å². The molecular formula is C22H35N5O2. The van der Waals surface area contributed by atoms with Crippen LogP contribution in [0.1, 0.15) is 75.6 Å². The zero-order valence-corrected chi connectivity index (χ0v) is 18.0. The molecule has 1 atom stereocenters. The van der Waals surface area contributed by atoms with Gasteiger partial charge in [0.2, 0.25) is 0 Å². The Bertz CT molecular complexity index is 730. The molecule has 0 radical (unpaired) electrons. The molecule has 0 spiro atoms. The molecule has 2 aromatic rings. The lowest BCUT2D eigenvalue weighted by Crippen LogP contribution is -2.42. The Morgan fingerprint density at radius 3 is 2.66 bits per heavy atom. The first-order valence-corrected chi connectivity index (χ1v) is 11.0. The number of aliphatic imine (C=N–C) groups is 1. The Hall–Kier alpha value is -2.28. The molecule has 0 bridgehead atoms. The number of hydrogen-bond acceptors (Lipinski definition) is 5. The molecule has 1 fully saturated rings. The number of hydrogen-bond donors (Lipinski definition) is 2. The first kappa shape index (κ1) is 21.4. The maximum Gasteiger partial charge on any atom is 0.191 e. The lowest BCUT2D eigenvalue weighted by molar-refractivity contribution is 0.215. The third kappa shape index (κ3) is 5.85. The normalized spacial score (nSPS) is 16.5. The highest BCUT2D eigenvalue weighted by atomic mass is 16.5. The molecule has 2 aromatic heterocycles. The van der Waals surface area contributed by atoms with Gasteiger partial charge in [-0.3, -0.25) is 4.90 Å². The average molecular weight is 402 g/mol. The zero-order chi connectivity index (χ0) is 20.5. The summed E-state index contributed by atoms with van der Waals surface area (Å²) in [6.07, 6.45) is 6.38. The summed E-state index contributed by atoms with van der Waals surface area (Å²) in [5.74, 6) is 3.03. The van der Waals surface area contributed by atoms with Gasteiger partial charge in [-0.15, -0.1) is 0 Å². The molecule has 0 saturated carbocycles. The summed E-state index contributed by atoms with van der Waals surface area (Å²) in [6.45, 7) is 10.7. The van der Waals surface area contributed by atoms with Gasteiger partial charge in [-0.2, -0.15) is 0 Å². The largest absolute Gasteiger partial charge is 0.468 e. The van der Waals surface area contributed by atoms with Gasteiger partial charge in [-0.05, 0) is 57.8 Å². The number of rotatable bonds is 10. The van der Waals surface area contributed by atoms with Crippen LogP contribution in [0.2, 0.25) is 0 Å². The van der Waals surface area contributed by atoms with E-state index >= 15 is 0 Å². The molecule has 0 aliphatic carbocycles. The van der Waals surface area contributed by atoms with E-state index in [1.54, 1.807) is 6.26 Å². The number of nitrogens with one attached hydrogen (secondary N) is 2. The van der Waals surface area contributed by atoms with Crippen LogP contribution in [0.15, 0.2) is 38.4 Å². The van der Waals surface area contributed by atoms with E-state index < -0.39 is 0 Å². The number of guanidine groups is 1. The Morgan fingerprint density at radius 2 is 2.00 bits per heavy atom. The van der Waals surface area contributed by atoms with Crippen LogP contribution >= 0.6 is 0 Å². The summed E-state index contributed by atoms with van der Waals surface area (Å²) in [4.78, 5) is 7.18. The molecule has 7 heteroatoms. The van der Waals surface area contributed by atoms with Crippen LogP contribution in [0.4, 0.5) is 0 Å². The van der Waals surface area contributed by atoms with E-state index in [1.165, 1.54) is 12.8 Å². The van der Waals surface area contributed by atoms with E-state index in [2.05, 4.69) is 47.5 Å². The zero-order valence-electron chi connectivity index (χ0n) is 18.0. The molecule has 1 unspecified atom stereocenters. The SMILES string of the molecule is CCNC(=NCc1cc(C(CC)CC)no1)NCC(c1ccco1)N1CCCC1. The van der Waals surface area contributed by atoms with Gasteiger partial charge in [-0.25, -0.2) is 4.99 Å². The third-order valence-electron chi connectivity index (χ3n) is 5.63. The summed E-state index contributed by atoms with van der Waals surface area (Å²) >= 11 is 0. The smallest absolute Gasteiger partial charge is 0.191 e. The lowest BCUT2D eigenvalue weighted by Gasteiger charge is -2.26. The van der Waals surface area contributed by atoms with Crippen LogP contribution in [0.25, 0.3) is 0 Å².